The second-order valence-corrected chi connectivity index (χ2v) is 3.39. The molecule has 0 aliphatic rings. The number of aryl methyl sites for hydroxylation is 1. The van der Waals surface area contributed by atoms with Crippen LogP contribution in [0.4, 0.5) is 0 Å². The van der Waals surface area contributed by atoms with Gasteiger partial charge in [0.2, 0.25) is 0 Å². The first-order chi connectivity index (χ1) is 7.33. The van der Waals surface area contributed by atoms with Crippen molar-refractivity contribution in [1.82, 2.24) is 0 Å². The molecule has 80 valence electrons. The van der Waals surface area contributed by atoms with Gasteiger partial charge in [-0.05, 0) is 36.5 Å². The second-order valence-electron chi connectivity index (χ2n) is 3.39. The monoisotopic (exact) mass is 205 g/mol. The van der Waals surface area contributed by atoms with Crippen LogP contribution in [0.2, 0.25) is 0 Å². The summed E-state index contributed by atoms with van der Waals surface area (Å²) in [6, 6.07) is 7.52. The summed E-state index contributed by atoms with van der Waals surface area (Å²) in [5.41, 5.74) is 2.27. The molecule has 0 spiro atoms. The van der Waals surface area contributed by atoms with Gasteiger partial charge in [-0.15, -0.1) is 0 Å². The molecule has 0 aromatic heterocycles. The molecule has 0 heterocycles. The summed E-state index contributed by atoms with van der Waals surface area (Å²) in [4.78, 5) is 0. The molecule has 0 unspecified atom stereocenters. The minimum absolute atomic E-state index is 0.0990. The number of rotatable bonds is 5. The van der Waals surface area contributed by atoms with E-state index in [4.69, 9.17) is 10.4 Å². The SMILES string of the molecule is N#Cc1cccc(CCCCO)c1CO. The molecule has 3 nitrogen and oxygen atoms in total. The number of hydrogen-bond acceptors (Lipinski definition) is 3. The van der Waals surface area contributed by atoms with E-state index in [0.29, 0.717) is 5.56 Å². The van der Waals surface area contributed by atoms with Crippen LogP contribution in [-0.4, -0.2) is 16.8 Å². The average Bonchev–Trinajstić information content (AvgIpc) is 2.29. The van der Waals surface area contributed by atoms with Gasteiger partial charge in [0.05, 0.1) is 18.2 Å². The molecule has 2 N–H and O–H groups in total. The molecular weight excluding hydrogens is 190 g/mol. The predicted molar refractivity (Wildman–Crippen MR) is 57.1 cm³/mol. The van der Waals surface area contributed by atoms with E-state index in [2.05, 4.69) is 6.07 Å². The van der Waals surface area contributed by atoms with Crippen molar-refractivity contribution in [3.8, 4) is 6.07 Å². The van der Waals surface area contributed by atoms with E-state index in [0.717, 1.165) is 30.4 Å². The van der Waals surface area contributed by atoms with Gasteiger partial charge in [0.1, 0.15) is 0 Å². The molecule has 0 saturated carbocycles. The van der Waals surface area contributed by atoms with Gasteiger partial charge < -0.3 is 10.2 Å². The van der Waals surface area contributed by atoms with Crippen LogP contribution in [0.5, 0.6) is 0 Å². The Morgan fingerprint density at radius 1 is 1.20 bits per heavy atom. The molecule has 1 aromatic carbocycles. The Morgan fingerprint density at radius 2 is 2.00 bits per heavy atom. The Bertz CT molecular complexity index is 355. The van der Waals surface area contributed by atoms with Gasteiger partial charge in [0.25, 0.3) is 0 Å². The fourth-order valence-electron chi connectivity index (χ4n) is 1.59. The van der Waals surface area contributed by atoms with Crippen molar-refractivity contribution in [2.75, 3.05) is 6.61 Å². The van der Waals surface area contributed by atoms with E-state index in [9.17, 15) is 5.11 Å². The molecule has 0 fully saturated rings. The van der Waals surface area contributed by atoms with Crippen LogP contribution >= 0.6 is 0 Å². The van der Waals surface area contributed by atoms with Crippen LogP contribution in [-0.2, 0) is 13.0 Å². The first kappa shape index (κ1) is 11.7. The molecule has 15 heavy (non-hydrogen) atoms. The van der Waals surface area contributed by atoms with Gasteiger partial charge in [0, 0.05) is 6.61 Å². The molecule has 1 rings (SSSR count). The number of unbranched alkanes of at least 4 members (excludes halogenated alkanes) is 1. The lowest BCUT2D eigenvalue weighted by Gasteiger charge is -2.08. The molecule has 0 aliphatic carbocycles. The Hall–Kier alpha value is -1.37. The summed E-state index contributed by atoms with van der Waals surface area (Å²) in [6.07, 6.45) is 2.42. The maximum atomic E-state index is 9.19. The van der Waals surface area contributed by atoms with E-state index < -0.39 is 0 Å². The summed E-state index contributed by atoms with van der Waals surface area (Å²) in [7, 11) is 0. The summed E-state index contributed by atoms with van der Waals surface area (Å²) < 4.78 is 0. The molecule has 0 radical (unpaired) electrons. The van der Waals surface area contributed by atoms with Gasteiger partial charge in [-0.2, -0.15) is 5.26 Å². The zero-order valence-corrected chi connectivity index (χ0v) is 8.61. The summed E-state index contributed by atoms with van der Waals surface area (Å²) in [5, 5.41) is 26.7. The topological polar surface area (TPSA) is 64.2 Å². The minimum atomic E-state index is -0.0990. The highest BCUT2D eigenvalue weighted by Crippen LogP contribution is 2.16. The van der Waals surface area contributed by atoms with Crippen LogP contribution in [0.25, 0.3) is 0 Å². The van der Waals surface area contributed by atoms with Crippen molar-refractivity contribution in [2.45, 2.75) is 25.9 Å². The van der Waals surface area contributed by atoms with E-state index in [-0.39, 0.29) is 13.2 Å². The van der Waals surface area contributed by atoms with Gasteiger partial charge >= 0.3 is 0 Å². The lowest BCUT2D eigenvalue weighted by molar-refractivity contribution is 0.278. The molecule has 3 heteroatoms. The van der Waals surface area contributed by atoms with Crippen molar-refractivity contribution >= 4 is 0 Å². The van der Waals surface area contributed by atoms with E-state index in [1.165, 1.54) is 0 Å². The molecule has 0 bridgehead atoms. The van der Waals surface area contributed by atoms with Crippen LogP contribution in [0.15, 0.2) is 18.2 Å². The highest BCUT2D eigenvalue weighted by molar-refractivity contribution is 5.42. The number of nitriles is 1. The standard InChI is InChI=1S/C12H15NO2/c13-8-11-6-3-5-10(12(11)9-15)4-1-2-7-14/h3,5-6,14-15H,1-2,4,7,9H2. The Labute approximate surface area is 89.6 Å². The van der Waals surface area contributed by atoms with Gasteiger partial charge in [-0.1, -0.05) is 12.1 Å². The maximum Gasteiger partial charge on any atom is 0.0995 e. The van der Waals surface area contributed by atoms with Gasteiger partial charge in [0.15, 0.2) is 0 Å². The van der Waals surface area contributed by atoms with Crippen LogP contribution < -0.4 is 0 Å². The third kappa shape index (κ3) is 3.05. The second kappa shape index (κ2) is 6.18. The third-order valence-corrected chi connectivity index (χ3v) is 2.41. The molecule has 1 aromatic rings. The number of nitrogens with zero attached hydrogens (tertiary/aromatic N) is 1. The third-order valence-electron chi connectivity index (χ3n) is 2.41. The quantitative estimate of drug-likeness (QED) is 0.713. The average molecular weight is 205 g/mol. The minimum Gasteiger partial charge on any atom is -0.396 e. The zero-order chi connectivity index (χ0) is 11.1. The van der Waals surface area contributed by atoms with Crippen molar-refractivity contribution in [1.29, 1.82) is 5.26 Å². The van der Waals surface area contributed by atoms with Crippen LogP contribution in [0, 0.1) is 11.3 Å². The van der Waals surface area contributed by atoms with Crippen molar-refractivity contribution in [2.24, 2.45) is 0 Å². The van der Waals surface area contributed by atoms with Crippen molar-refractivity contribution in [3.05, 3.63) is 34.9 Å². The molecule has 0 aliphatic heterocycles. The molecule has 0 atom stereocenters. The summed E-state index contributed by atoms with van der Waals surface area (Å²) in [6.45, 7) is 0.0879. The zero-order valence-electron chi connectivity index (χ0n) is 8.61. The number of hydrogen-bond donors (Lipinski definition) is 2. The first-order valence-corrected chi connectivity index (χ1v) is 5.06. The Balaban J connectivity index is 2.82. The van der Waals surface area contributed by atoms with Crippen molar-refractivity contribution in [3.63, 3.8) is 0 Å². The number of aliphatic hydroxyl groups excluding tert-OH is 2. The van der Waals surface area contributed by atoms with Gasteiger partial charge in [-0.25, -0.2) is 0 Å². The molecular formula is C12H15NO2. The molecule has 0 saturated heterocycles. The van der Waals surface area contributed by atoms with Crippen LogP contribution in [0.3, 0.4) is 0 Å². The highest BCUT2D eigenvalue weighted by atomic mass is 16.3. The lowest BCUT2D eigenvalue weighted by Crippen LogP contribution is -1.98. The van der Waals surface area contributed by atoms with Crippen molar-refractivity contribution < 1.29 is 10.2 Å². The Kier molecular flexibility index (Phi) is 4.82. The predicted octanol–water partition coefficient (Wildman–Crippen LogP) is 1.37. The number of aliphatic hydroxyl groups is 2. The normalized spacial score (nSPS) is 9.93. The highest BCUT2D eigenvalue weighted by Gasteiger charge is 2.06. The number of benzene rings is 1. The fraction of sp³-hybridized carbons (Fsp3) is 0.417. The van der Waals surface area contributed by atoms with Gasteiger partial charge in [-0.3, -0.25) is 0 Å². The molecule has 0 amide bonds. The summed E-state index contributed by atoms with van der Waals surface area (Å²) in [5.74, 6) is 0. The smallest absolute Gasteiger partial charge is 0.0995 e. The maximum absolute atomic E-state index is 9.19. The largest absolute Gasteiger partial charge is 0.396 e. The van der Waals surface area contributed by atoms with Crippen LogP contribution in [0.1, 0.15) is 29.5 Å². The fourth-order valence-corrected chi connectivity index (χ4v) is 1.59. The van der Waals surface area contributed by atoms with E-state index in [1.807, 2.05) is 12.1 Å². The summed E-state index contributed by atoms with van der Waals surface area (Å²) >= 11 is 0. The lowest BCUT2D eigenvalue weighted by atomic mass is 9.98. The van der Waals surface area contributed by atoms with E-state index >= 15 is 0 Å². The van der Waals surface area contributed by atoms with E-state index in [1.54, 1.807) is 6.07 Å². The Morgan fingerprint density at radius 3 is 2.60 bits per heavy atom. The first-order valence-electron chi connectivity index (χ1n) is 5.06.